The second kappa shape index (κ2) is 6.02. The van der Waals surface area contributed by atoms with E-state index >= 15 is 0 Å². The zero-order valence-corrected chi connectivity index (χ0v) is 9.43. The van der Waals surface area contributed by atoms with E-state index in [2.05, 4.69) is 15.5 Å². The number of amides is 1. The van der Waals surface area contributed by atoms with Gasteiger partial charge in [0.15, 0.2) is 5.69 Å². The zero-order chi connectivity index (χ0) is 12.0. The summed E-state index contributed by atoms with van der Waals surface area (Å²) in [5.74, 6) is 0.0135. The lowest BCUT2D eigenvalue weighted by atomic mass is 10.3. The molecule has 0 bridgehead atoms. The van der Waals surface area contributed by atoms with Gasteiger partial charge in [0.2, 0.25) is 0 Å². The van der Waals surface area contributed by atoms with Gasteiger partial charge in [0.1, 0.15) is 5.82 Å². The molecule has 0 unspecified atom stereocenters. The Bertz CT molecular complexity index is 337. The summed E-state index contributed by atoms with van der Waals surface area (Å²) in [4.78, 5) is 11.5. The SMILES string of the molecule is CC(C)OCCNC(=O)c1ccc(N)nn1. The molecule has 1 rings (SSSR count). The molecule has 0 radical (unpaired) electrons. The van der Waals surface area contributed by atoms with Gasteiger partial charge < -0.3 is 15.8 Å². The van der Waals surface area contributed by atoms with Crippen molar-refractivity contribution in [3.05, 3.63) is 17.8 Å². The van der Waals surface area contributed by atoms with Crippen LogP contribution in [0.4, 0.5) is 5.82 Å². The maximum Gasteiger partial charge on any atom is 0.271 e. The summed E-state index contributed by atoms with van der Waals surface area (Å²) >= 11 is 0. The van der Waals surface area contributed by atoms with E-state index in [9.17, 15) is 4.79 Å². The third-order valence-electron chi connectivity index (χ3n) is 1.76. The van der Waals surface area contributed by atoms with Gasteiger partial charge in [-0.2, -0.15) is 0 Å². The molecule has 0 aliphatic heterocycles. The topological polar surface area (TPSA) is 90.1 Å². The van der Waals surface area contributed by atoms with Crippen LogP contribution in [0.3, 0.4) is 0 Å². The summed E-state index contributed by atoms with van der Waals surface area (Å²) in [5, 5.41) is 9.92. The molecule has 1 amide bonds. The van der Waals surface area contributed by atoms with Gasteiger partial charge in [0.05, 0.1) is 12.7 Å². The van der Waals surface area contributed by atoms with Gasteiger partial charge >= 0.3 is 0 Å². The fraction of sp³-hybridized carbons (Fsp3) is 0.500. The standard InChI is InChI=1S/C10H16N4O2/c1-7(2)16-6-5-12-10(15)8-3-4-9(11)14-13-8/h3-4,7H,5-6H2,1-2H3,(H2,11,14)(H,12,15). The highest BCUT2D eigenvalue weighted by atomic mass is 16.5. The average molecular weight is 224 g/mol. The van der Waals surface area contributed by atoms with Crippen molar-refractivity contribution >= 4 is 11.7 Å². The molecule has 0 spiro atoms. The highest BCUT2D eigenvalue weighted by Gasteiger charge is 2.06. The molecule has 3 N–H and O–H groups in total. The number of carbonyl (C=O) groups excluding carboxylic acids is 1. The summed E-state index contributed by atoms with van der Waals surface area (Å²) in [6, 6.07) is 3.06. The number of nitrogens with two attached hydrogens (primary N) is 1. The molecule has 16 heavy (non-hydrogen) atoms. The largest absolute Gasteiger partial charge is 0.382 e. The first-order chi connectivity index (χ1) is 7.59. The van der Waals surface area contributed by atoms with Gasteiger partial charge in [0.25, 0.3) is 5.91 Å². The van der Waals surface area contributed by atoms with Crippen LogP contribution < -0.4 is 11.1 Å². The van der Waals surface area contributed by atoms with E-state index in [1.54, 1.807) is 0 Å². The number of nitrogen functional groups attached to an aromatic ring is 1. The van der Waals surface area contributed by atoms with E-state index in [-0.39, 0.29) is 17.7 Å². The van der Waals surface area contributed by atoms with Crippen LogP contribution in [0, 0.1) is 0 Å². The fourth-order valence-electron chi connectivity index (χ4n) is 1.01. The Morgan fingerprint density at radius 2 is 2.25 bits per heavy atom. The van der Waals surface area contributed by atoms with E-state index in [4.69, 9.17) is 10.5 Å². The Hall–Kier alpha value is -1.69. The van der Waals surface area contributed by atoms with Gasteiger partial charge in [-0.15, -0.1) is 10.2 Å². The first-order valence-corrected chi connectivity index (χ1v) is 5.08. The summed E-state index contributed by atoms with van der Waals surface area (Å²) in [7, 11) is 0. The highest BCUT2D eigenvalue weighted by molar-refractivity contribution is 5.92. The number of rotatable bonds is 5. The number of nitrogens with zero attached hydrogens (tertiary/aromatic N) is 2. The summed E-state index contributed by atoms with van der Waals surface area (Å²) in [6.45, 7) is 4.80. The number of nitrogens with one attached hydrogen (secondary N) is 1. The van der Waals surface area contributed by atoms with E-state index in [0.717, 1.165) is 0 Å². The summed E-state index contributed by atoms with van der Waals surface area (Å²) < 4.78 is 5.28. The van der Waals surface area contributed by atoms with Gasteiger partial charge in [-0.25, -0.2) is 0 Å². The number of hydrogen-bond acceptors (Lipinski definition) is 5. The van der Waals surface area contributed by atoms with Crippen LogP contribution in [0.5, 0.6) is 0 Å². The predicted molar refractivity (Wildman–Crippen MR) is 59.9 cm³/mol. The van der Waals surface area contributed by atoms with Crippen molar-refractivity contribution in [2.24, 2.45) is 0 Å². The minimum Gasteiger partial charge on any atom is -0.382 e. The van der Waals surface area contributed by atoms with Gasteiger partial charge in [-0.3, -0.25) is 4.79 Å². The minimum absolute atomic E-state index is 0.160. The van der Waals surface area contributed by atoms with Gasteiger partial charge in [-0.1, -0.05) is 0 Å². The van der Waals surface area contributed by atoms with Crippen molar-refractivity contribution in [1.82, 2.24) is 15.5 Å². The molecule has 6 nitrogen and oxygen atoms in total. The van der Waals surface area contributed by atoms with Crippen LogP contribution in [-0.4, -0.2) is 35.4 Å². The molecule has 0 atom stereocenters. The number of ether oxygens (including phenoxy) is 1. The summed E-state index contributed by atoms with van der Waals surface area (Å²) in [5.41, 5.74) is 5.61. The van der Waals surface area contributed by atoms with Crippen molar-refractivity contribution < 1.29 is 9.53 Å². The zero-order valence-electron chi connectivity index (χ0n) is 9.43. The first-order valence-electron chi connectivity index (χ1n) is 5.08. The second-order valence-electron chi connectivity index (χ2n) is 3.52. The number of aromatic nitrogens is 2. The molecule has 1 heterocycles. The minimum atomic E-state index is -0.278. The lowest BCUT2D eigenvalue weighted by molar-refractivity contribution is 0.0744. The smallest absolute Gasteiger partial charge is 0.271 e. The van der Waals surface area contributed by atoms with Crippen LogP contribution in [0.15, 0.2) is 12.1 Å². The monoisotopic (exact) mass is 224 g/mol. The molecular weight excluding hydrogens is 208 g/mol. The van der Waals surface area contributed by atoms with Crippen LogP contribution in [0.1, 0.15) is 24.3 Å². The van der Waals surface area contributed by atoms with E-state index in [0.29, 0.717) is 19.0 Å². The van der Waals surface area contributed by atoms with Crippen molar-refractivity contribution in [3.8, 4) is 0 Å². The lowest BCUT2D eigenvalue weighted by Gasteiger charge is -2.08. The predicted octanol–water partition coefficient (Wildman–Crippen LogP) is 0.214. The molecule has 0 saturated heterocycles. The lowest BCUT2D eigenvalue weighted by Crippen LogP contribution is -2.28. The maximum absolute atomic E-state index is 11.5. The number of anilines is 1. The molecule has 1 aromatic heterocycles. The highest BCUT2D eigenvalue weighted by Crippen LogP contribution is 1.96. The molecule has 0 aromatic carbocycles. The van der Waals surface area contributed by atoms with Crippen molar-refractivity contribution in [1.29, 1.82) is 0 Å². The van der Waals surface area contributed by atoms with Crippen molar-refractivity contribution in [3.63, 3.8) is 0 Å². The Balaban J connectivity index is 2.32. The summed E-state index contributed by atoms with van der Waals surface area (Å²) in [6.07, 6.45) is 0.160. The maximum atomic E-state index is 11.5. The van der Waals surface area contributed by atoms with Crippen LogP contribution in [0.2, 0.25) is 0 Å². The molecular formula is C10H16N4O2. The fourth-order valence-corrected chi connectivity index (χ4v) is 1.01. The second-order valence-corrected chi connectivity index (χ2v) is 3.52. The normalized spacial score (nSPS) is 10.4. The third kappa shape index (κ3) is 4.22. The Morgan fingerprint density at radius 1 is 1.50 bits per heavy atom. The van der Waals surface area contributed by atoms with Crippen LogP contribution >= 0.6 is 0 Å². The average Bonchev–Trinajstić information content (AvgIpc) is 2.25. The Labute approximate surface area is 94.2 Å². The molecule has 0 aliphatic carbocycles. The molecule has 6 heteroatoms. The first kappa shape index (κ1) is 12.4. The van der Waals surface area contributed by atoms with Gasteiger partial charge in [0, 0.05) is 6.54 Å². The van der Waals surface area contributed by atoms with Crippen molar-refractivity contribution in [2.75, 3.05) is 18.9 Å². The van der Waals surface area contributed by atoms with E-state index in [1.165, 1.54) is 12.1 Å². The number of carbonyl (C=O) groups is 1. The van der Waals surface area contributed by atoms with Crippen LogP contribution in [0.25, 0.3) is 0 Å². The van der Waals surface area contributed by atoms with E-state index in [1.807, 2.05) is 13.8 Å². The number of hydrogen-bond donors (Lipinski definition) is 2. The van der Waals surface area contributed by atoms with Gasteiger partial charge in [-0.05, 0) is 26.0 Å². The molecule has 1 aromatic rings. The van der Waals surface area contributed by atoms with Crippen molar-refractivity contribution in [2.45, 2.75) is 20.0 Å². The Kier molecular flexibility index (Phi) is 4.65. The molecule has 0 saturated carbocycles. The Morgan fingerprint density at radius 3 is 2.81 bits per heavy atom. The van der Waals surface area contributed by atoms with E-state index < -0.39 is 0 Å². The molecule has 0 aliphatic rings. The van der Waals surface area contributed by atoms with Crippen LogP contribution in [-0.2, 0) is 4.74 Å². The quantitative estimate of drug-likeness (QED) is 0.698. The molecule has 88 valence electrons. The third-order valence-corrected chi connectivity index (χ3v) is 1.76. The molecule has 0 fully saturated rings.